The summed E-state index contributed by atoms with van der Waals surface area (Å²) in [5, 5.41) is 52.5. The predicted octanol–water partition coefficient (Wildman–Crippen LogP) is -1.59. The number of nitrogens with two attached hydrogens (primary N) is 1. The van der Waals surface area contributed by atoms with Crippen LogP contribution in [0.1, 0.15) is 18.4 Å². The van der Waals surface area contributed by atoms with Crippen LogP contribution in [0.15, 0.2) is 24.3 Å². The first-order valence-corrected chi connectivity index (χ1v) is 11.5. The average Bonchev–Trinajstić information content (AvgIpc) is 2.83. The minimum atomic E-state index is -2.00. The first kappa shape index (κ1) is 27.9. The molecule has 1 aliphatic heterocycles. The van der Waals surface area contributed by atoms with Crippen LogP contribution in [-0.4, -0.2) is 92.6 Å². The van der Waals surface area contributed by atoms with Gasteiger partial charge in [0.1, 0.15) is 24.6 Å². The van der Waals surface area contributed by atoms with Gasteiger partial charge in [-0.2, -0.15) is 0 Å². The Hall–Kier alpha value is -2.37. The zero-order valence-corrected chi connectivity index (χ0v) is 19.2. The molecule has 2 rings (SSSR count). The number of aliphatic hydroxyl groups excluding tert-OH is 4. The Bertz CT molecular complexity index is 863. The van der Waals surface area contributed by atoms with Gasteiger partial charge in [-0.05, 0) is 17.7 Å². The van der Waals surface area contributed by atoms with E-state index >= 15 is 0 Å². The predicted molar refractivity (Wildman–Crippen MR) is 123 cm³/mol. The molecule has 34 heavy (non-hydrogen) atoms. The van der Waals surface area contributed by atoms with Crippen molar-refractivity contribution in [2.75, 3.05) is 19.8 Å². The molecule has 0 saturated carbocycles. The van der Waals surface area contributed by atoms with Crippen molar-refractivity contribution in [3.05, 3.63) is 29.8 Å². The molecule has 1 saturated heterocycles. The number of hydrogen-bond acceptors (Lipinski definition) is 10. The molecule has 0 spiro atoms. The molecule has 1 aromatic carbocycles. The Morgan fingerprint density at radius 3 is 2.59 bits per heavy atom. The minimum absolute atomic E-state index is 0.166. The maximum absolute atomic E-state index is 12.2. The lowest BCUT2D eigenvalue weighted by Crippen LogP contribution is -2.67. The fraction of sp³-hybridized carbons (Fsp3) is 0.545. The van der Waals surface area contributed by atoms with Gasteiger partial charge in [-0.15, -0.1) is 24.1 Å². The number of carbonyl (C=O) groups excluding carboxylic acids is 1. The van der Waals surface area contributed by atoms with Crippen LogP contribution in [0.4, 0.5) is 0 Å². The number of hydrogen-bond donors (Lipinski definition) is 7. The van der Waals surface area contributed by atoms with Crippen LogP contribution >= 0.6 is 11.8 Å². The number of aliphatic hydroxyl groups is 4. The minimum Gasteiger partial charge on any atom is -0.493 e. The van der Waals surface area contributed by atoms with Gasteiger partial charge in [-0.1, -0.05) is 12.1 Å². The van der Waals surface area contributed by atoms with E-state index in [0.717, 1.165) is 17.3 Å². The van der Waals surface area contributed by atoms with E-state index in [1.165, 1.54) is 0 Å². The standard InChI is InChI=1S/C22H30N2O9S/c1-2-3-8-32-14-6-4-13(5-7-14)12-34-22(21(30)31)9-15(26)18(24-17(28)11-25)20(33-22)19(29)16(27)10-23/h1,4-7,15-16,18-20,25-27,29H,3,8-12,23H2,(H,24,28)(H,30,31)/t15-,16+,18+,19+,20+,22-/m0/s1. The summed E-state index contributed by atoms with van der Waals surface area (Å²) in [6, 6.07) is 5.61. The summed E-state index contributed by atoms with van der Waals surface area (Å²) in [5.41, 5.74) is 6.14. The summed E-state index contributed by atoms with van der Waals surface area (Å²) in [6.45, 7) is -0.904. The molecule has 0 bridgehead atoms. The number of amides is 1. The Morgan fingerprint density at radius 2 is 2.03 bits per heavy atom. The van der Waals surface area contributed by atoms with Gasteiger partial charge in [0, 0.05) is 25.1 Å². The van der Waals surface area contributed by atoms with Crippen molar-refractivity contribution in [3.63, 3.8) is 0 Å². The molecule has 188 valence electrons. The highest BCUT2D eigenvalue weighted by atomic mass is 32.2. The van der Waals surface area contributed by atoms with Crippen molar-refractivity contribution in [1.82, 2.24) is 5.32 Å². The summed E-state index contributed by atoms with van der Waals surface area (Å²) in [4.78, 5) is 22.0. The van der Waals surface area contributed by atoms with Gasteiger partial charge in [0.25, 0.3) is 0 Å². The number of benzene rings is 1. The van der Waals surface area contributed by atoms with Crippen molar-refractivity contribution in [2.24, 2.45) is 5.73 Å². The number of aliphatic carboxylic acids is 1. The van der Waals surface area contributed by atoms with Crippen molar-refractivity contribution >= 4 is 23.6 Å². The first-order valence-electron chi connectivity index (χ1n) is 10.5. The van der Waals surface area contributed by atoms with E-state index in [-0.39, 0.29) is 12.3 Å². The van der Waals surface area contributed by atoms with E-state index in [1.807, 2.05) is 0 Å². The van der Waals surface area contributed by atoms with Crippen LogP contribution < -0.4 is 15.8 Å². The number of carbonyl (C=O) groups is 2. The molecule has 0 aromatic heterocycles. The first-order chi connectivity index (χ1) is 16.2. The fourth-order valence-corrected chi connectivity index (χ4v) is 4.60. The Balaban J connectivity index is 2.21. The van der Waals surface area contributed by atoms with Crippen LogP contribution in [0, 0.1) is 12.3 Å². The lowest BCUT2D eigenvalue weighted by atomic mass is 9.89. The molecule has 8 N–H and O–H groups in total. The molecule has 0 unspecified atom stereocenters. The summed E-state index contributed by atoms with van der Waals surface area (Å²) in [5.74, 6) is 0.961. The quantitative estimate of drug-likeness (QED) is 0.130. The number of thioether (sulfide) groups is 1. The Labute approximate surface area is 201 Å². The normalized spacial score (nSPS) is 26.2. The molecule has 6 atom stereocenters. The highest BCUT2D eigenvalue weighted by Gasteiger charge is 2.55. The molecule has 1 fully saturated rings. The zero-order chi connectivity index (χ0) is 25.3. The number of nitrogens with one attached hydrogen (secondary N) is 1. The maximum Gasteiger partial charge on any atom is 0.346 e. The van der Waals surface area contributed by atoms with Crippen molar-refractivity contribution < 1.29 is 44.6 Å². The van der Waals surface area contributed by atoms with E-state index in [1.54, 1.807) is 24.3 Å². The van der Waals surface area contributed by atoms with Crippen LogP contribution in [0.25, 0.3) is 0 Å². The summed E-state index contributed by atoms with van der Waals surface area (Å²) in [7, 11) is 0. The molecule has 0 aliphatic carbocycles. The fourth-order valence-electron chi connectivity index (χ4n) is 3.41. The van der Waals surface area contributed by atoms with Crippen LogP contribution in [0.2, 0.25) is 0 Å². The van der Waals surface area contributed by atoms with Gasteiger partial charge in [0.15, 0.2) is 0 Å². The summed E-state index contributed by atoms with van der Waals surface area (Å²) >= 11 is 0.869. The van der Waals surface area contributed by atoms with Gasteiger partial charge in [-0.3, -0.25) is 4.79 Å². The smallest absolute Gasteiger partial charge is 0.346 e. The van der Waals surface area contributed by atoms with E-state index < -0.39 is 60.3 Å². The number of ether oxygens (including phenoxy) is 2. The highest BCUT2D eigenvalue weighted by molar-refractivity contribution is 8.00. The molecule has 1 aliphatic rings. The molecule has 0 radical (unpaired) electrons. The third-order valence-electron chi connectivity index (χ3n) is 5.25. The second kappa shape index (κ2) is 12.9. The van der Waals surface area contributed by atoms with Crippen LogP contribution in [-0.2, 0) is 20.1 Å². The molecule has 11 nitrogen and oxygen atoms in total. The molecule has 1 heterocycles. The maximum atomic E-state index is 12.2. The third-order valence-corrected chi connectivity index (χ3v) is 6.63. The van der Waals surface area contributed by atoms with Gasteiger partial charge in [-0.25, -0.2) is 4.79 Å². The lowest BCUT2D eigenvalue weighted by molar-refractivity contribution is -0.202. The second-order valence-electron chi connectivity index (χ2n) is 7.69. The molecule has 1 aromatic rings. The number of rotatable bonds is 12. The van der Waals surface area contributed by atoms with Gasteiger partial charge >= 0.3 is 5.97 Å². The van der Waals surface area contributed by atoms with Crippen molar-refractivity contribution in [2.45, 2.75) is 54.0 Å². The molecule has 12 heteroatoms. The van der Waals surface area contributed by atoms with Crippen LogP contribution in [0.5, 0.6) is 5.75 Å². The van der Waals surface area contributed by atoms with E-state index in [2.05, 4.69) is 11.2 Å². The Morgan fingerprint density at radius 1 is 1.35 bits per heavy atom. The molecular weight excluding hydrogens is 468 g/mol. The molecular formula is C22H30N2O9S. The van der Waals surface area contributed by atoms with Crippen molar-refractivity contribution in [3.8, 4) is 18.1 Å². The molecule has 1 amide bonds. The number of terminal acetylenes is 1. The second-order valence-corrected chi connectivity index (χ2v) is 8.93. The van der Waals surface area contributed by atoms with Crippen LogP contribution in [0.3, 0.4) is 0 Å². The number of carboxylic acid groups (broad SMARTS) is 1. The third kappa shape index (κ3) is 7.07. The van der Waals surface area contributed by atoms with Gasteiger partial charge < -0.3 is 46.1 Å². The van der Waals surface area contributed by atoms with Gasteiger partial charge in [0.2, 0.25) is 10.8 Å². The van der Waals surface area contributed by atoms with E-state index in [0.29, 0.717) is 18.8 Å². The van der Waals surface area contributed by atoms with Crippen molar-refractivity contribution in [1.29, 1.82) is 0 Å². The Kier molecular flexibility index (Phi) is 10.6. The van der Waals surface area contributed by atoms with E-state index in [4.69, 9.17) is 26.7 Å². The summed E-state index contributed by atoms with van der Waals surface area (Å²) in [6.07, 6.45) is -1.00. The number of carboxylic acids is 1. The largest absolute Gasteiger partial charge is 0.493 e. The van der Waals surface area contributed by atoms with Gasteiger partial charge in [0.05, 0.1) is 24.9 Å². The van der Waals surface area contributed by atoms with E-state index in [9.17, 15) is 30.0 Å². The lowest BCUT2D eigenvalue weighted by Gasteiger charge is -2.46. The average molecular weight is 499 g/mol. The highest BCUT2D eigenvalue weighted by Crippen LogP contribution is 2.42. The SMILES string of the molecule is C#CCCOc1ccc(CS[C@]2(C(=O)O)C[C@H](O)[C@@H](NC(=O)CO)[C@H]([C@H](O)[C@H](O)CN)O2)cc1. The monoisotopic (exact) mass is 498 g/mol. The summed E-state index contributed by atoms with van der Waals surface area (Å²) < 4.78 is 11.2. The zero-order valence-electron chi connectivity index (χ0n) is 18.4. The topological polar surface area (TPSA) is 192 Å².